The largest absolute Gasteiger partial charge is 0.368 e. The second kappa shape index (κ2) is 6.44. The second-order valence-electron chi connectivity index (χ2n) is 6.57. The summed E-state index contributed by atoms with van der Waals surface area (Å²) in [4.78, 5) is 19.9. The summed E-state index contributed by atoms with van der Waals surface area (Å²) >= 11 is 0. The number of carbonyl (C=O) groups excluding carboxylic acids is 1. The lowest BCUT2D eigenvalue weighted by Crippen LogP contribution is -2.49. The van der Waals surface area contributed by atoms with Crippen LogP contribution in [-0.4, -0.2) is 42.0 Å². The Morgan fingerprint density at radius 2 is 1.62 bits per heavy atom. The summed E-state index contributed by atoms with van der Waals surface area (Å²) in [5.41, 5.74) is 2.94. The quantitative estimate of drug-likeness (QED) is 0.761. The molecule has 1 aliphatic rings. The van der Waals surface area contributed by atoms with E-state index in [1.807, 2.05) is 6.92 Å². The Hall–Kier alpha value is -2.89. The number of aromatic nitrogens is 1. The van der Waals surface area contributed by atoms with E-state index in [1.54, 1.807) is 23.1 Å². The molecule has 4 rings (SSSR count). The molecule has 4 nitrogen and oxygen atoms in total. The van der Waals surface area contributed by atoms with Crippen molar-refractivity contribution in [1.29, 1.82) is 0 Å². The average Bonchev–Trinajstić information content (AvgIpc) is 2.98. The number of amides is 1. The van der Waals surface area contributed by atoms with Crippen molar-refractivity contribution in [2.75, 3.05) is 31.1 Å². The molecule has 0 radical (unpaired) electrons. The van der Waals surface area contributed by atoms with Crippen molar-refractivity contribution in [3.8, 4) is 0 Å². The van der Waals surface area contributed by atoms with Crippen molar-refractivity contribution in [2.45, 2.75) is 6.92 Å². The number of nitrogens with zero attached hydrogens (tertiary/aromatic N) is 2. The Bertz CT molecular complexity index is 957. The van der Waals surface area contributed by atoms with Gasteiger partial charge in [0, 0.05) is 42.8 Å². The second-order valence-corrected chi connectivity index (χ2v) is 6.57. The Kier molecular flexibility index (Phi) is 4.11. The van der Waals surface area contributed by atoms with Crippen molar-refractivity contribution in [1.82, 2.24) is 9.88 Å². The molecule has 2 aromatic carbocycles. The van der Waals surface area contributed by atoms with Crippen LogP contribution in [0.25, 0.3) is 10.9 Å². The van der Waals surface area contributed by atoms with Gasteiger partial charge in [0.25, 0.3) is 5.91 Å². The van der Waals surface area contributed by atoms with Crippen LogP contribution in [0.15, 0.2) is 42.5 Å². The summed E-state index contributed by atoms with van der Waals surface area (Å²) < 4.78 is 26.5. The third kappa shape index (κ3) is 2.92. The molecule has 1 aromatic heterocycles. The van der Waals surface area contributed by atoms with Crippen LogP contribution in [0, 0.1) is 18.6 Å². The highest BCUT2D eigenvalue weighted by atomic mass is 19.1. The molecule has 0 saturated carbocycles. The van der Waals surface area contributed by atoms with Gasteiger partial charge in [0.2, 0.25) is 0 Å². The van der Waals surface area contributed by atoms with Gasteiger partial charge in [0.15, 0.2) is 0 Å². The van der Waals surface area contributed by atoms with Crippen LogP contribution in [0.2, 0.25) is 0 Å². The Balaban J connectivity index is 1.50. The van der Waals surface area contributed by atoms with E-state index >= 15 is 0 Å². The highest BCUT2D eigenvalue weighted by molar-refractivity contribution is 6.01. The van der Waals surface area contributed by atoms with Gasteiger partial charge in [0.1, 0.15) is 17.3 Å². The topological polar surface area (TPSA) is 39.3 Å². The molecule has 0 aliphatic carbocycles. The molecule has 0 spiro atoms. The first-order chi connectivity index (χ1) is 12.5. The van der Waals surface area contributed by atoms with Crippen molar-refractivity contribution in [3.63, 3.8) is 0 Å². The summed E-state index contributed by atoms with van der Waals surface area (Å²) in [6.07, 6.45) is 0. The predicted octanol–water partition coefficient (Wildman–Crippen LogP) is 3.72. The van der Waals surface area contributed by atoms with E-state index in [4.69, 9.17) is 0 Å². The summed E-state index contributed by atoms with van der Waals surface area (Å²) in [6.45, 7) is 4.41. The van der Waals surface area contributed by atoms with Crippen molar-refractivity contribution < 1.29 is 13.6 Å². The molecular formula is C20H19F2N3O. The smallest absolute Gasteiger partial charge is 0.270 e. The van der Waals surface area contributed by atoms with E-state index in [0.29, 0.717) is 37.4 Å². The SMILES string of the molecule is Cc1c(C(=O)N2CCN(c3ccc(F)cc3)CC2)[nH]c2cc(F)ccc12. The third-order valence-corrected chi connectivity index (χ3v) is 4.99. The van der Waals surface area contributed by atoms with Gasteiger partial charge in [-0.25, -0.2) is 8.78 Å². The summed E-state index contributed by atoms with van der Waals surface area (Å²) in [7, 11) is 0. The number of nitrogens with one attached hydrogen (secondary N) is 1. The van der Waals surface area contributed by atoms with Gasteiger partial charge < -0.3 is 14.8 Å². The Morgan fingerprint density at radius 1 is 0.962 bits per heavy atom. The van der Waals surface area contributed by atoms with E-state index in [0.717, 1.165) is 16.6 Å². The van der Waals surface area contributed by atoms with Gasteiger partial charge in [-0.2, -0.15) is 0 Å². The van der Waals surface area contributed by atoms with E-state index < -0.39 is 0 Å². The van der Waals surface area contributed by atoms with Gasteiger partial charge in [-0.3, -0.25) is 4.79 Å². The number of H-pyrrole nitrogens is 1. The lowest BCUT2D eigenvalue weighted by atomic mass is 10.1. The highest BCUT2D eigenvalue weighted by Gasteiger charge is 2.25. The standard InChI is InChI=1S/C20H19F2N3O/c1-13-17-7-4-15(22)12-18(17)23-19(13)20(26)25-10-8-24(9-11-25)16-5-2-14(21)3-6-16/h2-7,12,23H,8-11H2,1H3. The molecule has 6 heteroatoms. The Labute approximate surface area is 150 Å². The molecule has 26 heavy (non-hydrogen) atoms. The molecule has 1 fully saturated rings. The van der Waals surface area contributed by atoms with Gasteiger partial charge in [-0.05, 0) is 55.0 Å². The minimum absolute atomic E-state index is 0.0714. The third-order valence-electron chi connectivity index (χ3n) is 4.99. The van der Waals surface area contributed by atoms with Crippen molar-refractivity contribution in [2.24, 2.45) is 0 Å². The molecule has 1 aliphatic heterocycles. The molecule has 1 amide bonds. The van der Waals surface area contributed by atoms with E-state index in [-0.39, 0.29) is 17.5 Å². The van der Waals surface area contributed by atoms with E-state index in [9.17, 15) is 13.6 Å². The maximum absolute atomic E-state index is 13.4. The number of anilines is 1. The molecule has 1 saturated heterocycles. The van der Waals surface area contributed by atoms with Crippen LogP contribution in [-0.2, 0) is 0 Å². The number of rotatable bonds is 2. The van der Waals surface area contributed by atoms with Crippen LogP contribution < -0.4 is 4.90 Å². The first kappa shape index (κ1) is 16.6. The zero-order chi connectivity index (χ0) is 18.3. The van der Waals surface area contributed by atoms with Crippen molar-refractivity contribution in [3.05, 3.63) is 65.4 Å². The fourth-order valence-electron chi connectivity index (χ4n) is 3.50. The predicted molar refractivity (Wildman–Crippen MR) is 97.5 cm³/mol. The van der Waals surface area contributed by atoms with Gasteiger partial charge in [-0.1, -0.05) is 0 Å². The van der Waals surface area contributed by atoms with Gasteiger partial charge in [-0.15, -0.1) is 0 Å². The average molecular weight is 355 g/mol. The summed E-state index contributed by atoms with van der Waals surface area (Å²) in [6, 6.07) is 10.9. The zero-order valence-electron chi connectivity index (χ0n) is 14.4. The number of carbonyl (C=O) groups is 1. The van der Waals surface area contributed by atoms with Crippen LogP contribution in [0.3, 0.4) is 0 Å². The Morgan fingerprint density at radius 3 is 2.31 bits per heavy atom. The fraction of sp³-hybridized carbons (Fsp3) is 0.250. The number of hydrogen-bond acceptors (Lipinski definition) is 2. The van der Waals surface area contributed by atoms with Gasteiger partial charge >= 0.3 is 0 Å². The van der Waals surface area contributed by atoms with Crippen LogP contribution in [0.5, 0.6) is 0 Å². The maximum atomic E-state index is 13.4. The minimum Gasteiger partial charge on any atom is -0.368 e. The van der Waals surface area contributed by atoms with Crippen LogP contribution in [0.1, 0.15) is 16.1 Å². The highest BCUT2D eigenvalue weighted by Crippen LogP contribution is 2.24. The number of aromatic amines is 1. The number of fused-ring (bicyclic) bond motifs is 1. The minimum atomic E-state index is -0.328. The molecule has 1 N–H and O–H groups in total. The van der Waals surface area contributed by atoms with Crippen LogP contribution in [0.4, 0.5) is 14.5 Å². The first-order valence-corrected chi connectivity index (χ1v) is 8.60. The molecule has 0 unspecified atom stereocenters. The molecule has 134 valence electrons. The van der Waals surface area contributed by atoms with Crippen LogP contribution >= 0.6 is 0 Å². The molecule has 2 heterocycles. The summed E-state index contributed by atoms with van der Waals surface area (Å²) in [5.74, 6) is -0.656. The monoisotopic (exact) mass is 355 g/mol. The molecule has 0 bridgehead atoms. The molecular weight excluding hydrogens is 336 g/mol. The number of aryl methyl sites for hydroxylation is 1. The lowest BCUT2D eigenvalue weighted by Gasteiger charge is -2.36. The number of halogens is 2. The number of piperazine rings is 1. The lowest BCUT2D eigenvalue weighted by molar-refractivity contribution is 0.0741. The van der Waals surface area contributed by atoms with E-state index in [1.165, 1.54) is 24.3 Å². The first-order valence-electron chi connectivity index (χ1n) is 8.60. The summed E-state index contributed by atoms with van der Waals surface area (Å²) in [5, 5.41) is 0.861. The normalized spacial score (nSPS) is 14.9. The molecule has 3 aromatic rings. The fourth-order valence-corrected chi connectivity index (χ4v) is 3.50. The number of hydrogen-bond donors (Lipinski definition) is 1. The molecule has 0 atom stereocenters. The maximum Gasteiger partial charge on any atom is 0.270 e. The van der Waals surface area contributed by atoms with Gasteiger partial charge in [0.05, 0.1) is 0 Å². The number of benzene rings is 2. The van der Waals surface area contributed by atoms with Crippen molar-refractivity contribution >= 4 is 22.5 Å². The van der Waals surface area contributed by atoms with E-state index in [2.05, 4.69) is 9.88 Å². The zero-order valence-corrected chi connectivity index (χ0v) is 14.4.